The van der Waals surface area contributed by atoms with Gasteiger partial charge in [-0.1, -0.05) is 87.5 Å². The number of fused-ring (bicyclic) bond motifs is 5. The van der Waals surface area contributed by atoms with Gasteiger partial charge in [-0.2, -0.15) is 0 Å². The standard InChI is InChI=1S/C50H55NO15/c1-8-36(55)64-40(38(30-18-12-9-13-19-30)51-44(57)31-20-14-10-15-21-31)46(59)63-33-25-50(60)43(65-45(58)32-22-16-11-17-23-32)41-48(7,34(54)24-35-49(41,26-61-35)66-29(4)53)42(56)39(62-28(3)52)37(27(33)2)47(50,5)6/h9-23,33-35,38-41,43,54,60H,8,24-26H2,1-7H3,(H,51,57)/t33-,34-,35+,38-,39+,40+,41-,43-,48+,49-,50+/m0/s1. The van der Waals surface area contributed by atoms with Gasteiger partial charge in [0.2, 0.25) is 6.10 Å². The minimum Gasteiger partial charge on any atom is -0.455 e. The largest absolute Gasteiger partial charge is 0.455 e. The van der Waals surface area contributed by atoms with Gasteiger partial charge in [-0.25, -0.2) is 9.59 Å². The van der Waals surface area contributed by atoms with Crippen LogP contribution in [-0.4, -0.2) is 106 Å². The van der Waals surface area contributed by atoms with Gasteiger partial charge in [-0.05, 0) is 54.8 Å². The summed E-state index contributed by atoms with van der Waals surface area (Å²) in [6, 6.07) is 23.0. The van der Waals surface area contributed by atoms with E-state index in [1.807, 2.05) is 0 Å². The number of hydrogen-bond donors (Lipinski definition) is 3. The zero-order chi connectivity index (χ0) is 47.9. The van der Waals surface area contributed by atoms with Crippen molar-refractivity contribution in [2.45, 2.75) is 122 Å². The molecular formula is C50H55NO15. The third kappa shape index (κ3) is 8.19. The number of nitrogens with one attached hydrogen (secondary N) is 1. The first-order valence-corrected chi connectivity index (χ1v) is 21.9. The second-order valence-electron chi connectivity index (χ2n) is 18.2. The average molecular weight is 910 g/mol. The number of amides is 1. The summed E-state index contributed by atoms with van der Waals surface area (Å²) in [6.45, 7) is 9.46. The molecule has 4 aliphatic rings. The molecule has 66 heavy (non-hydrogen) atoms. The maximum absolute atomic E-state index is 15.6. The monoisotopic (exact) mass is 909 g/mol. The molecule has 0 spiro atoms. The molecule has 1 aliphatic heterocycles. The van der Waals surface area contributed by atoms with E-state index >= 15 is 4.79 Å². The van der Waals surface area contributed by atoms with Crippen molar-refractivity contribution in [1.82, 2.24) is 5.32 Å². The lowest BCUT2D eigenvalue weighted by Gasteiger charge is -2.67. The minimum absolute atomic E-state index is 0.0190. The van der Waals surface area contributed by atoms with Gasteiger partial charge in [0.05, 0.1) is 29.6 Å². The molecule has 1 amide bonds. The van der Waals surface area contributed by atoms with Gasteiger partial charge < -0.3 is 44.0 Å². The van der Waals surface area contributed by atoms with E-state index in [4.69, 9.17) is 28.4 Å². The van der Waals surface area contributed by atoms with Crippen LogP contribution in [-0.2, 0) is 52.4 Å². The summed E-state index contributed by atoms with van der Waals surface area (Å²) in [5, 5.41) is 28.8. The van der Waals surface area contributed by atoms with E-state index in [-0.39, 0.29) is 41.7 Å². The number of carbonyl (C=O) groups is 7. The molecule has 7 rings (SSSR count). The van der Waals surface area contributed by atoms with Crippen molar-refractivity contribution >= 4 is 41.5 Å². The Morgan fingerprint density at radius 2 is 1.42 bits per heavy atom. The van der Waals surface area contributed by atoms with E-state index in [0.717, 1.165) is 13.8 Å². The smallest absolute Gasteiger partial charge is 0.350 e. The fourth-order valence-electron chi connectivity index (χ4n) is 10.5. The van der Waals surface area contributed by atoms with Gasteiger partial charge in [0.1, 0.15) is 30.0 Å². The van der Waals surface area contributed by atoms with Crippen molar-refractivity contribution in [3.05, 3.63) is 119 Å². The Morgan fingerprint density at radius 1 is 0.833 bits per heavy atom. The van der Waals surface area contributed by atoms with Crippen LogP contribution in [0.4, 0.5) is 0 Å². The maximum atomic E-state index is 15.6. The van der Waals surface area contributed by atoms with Crippen LogP contribution in [0.2, 0.25) is 0 Å². The number of benzene rings is 3. The van der Waals surface area contributed by atoms with Crippen molar-refractivity contribution < 1.29 is 72.2 Å². The molecule has 16 heteroatoms. The van der Waals surface area contributed by atoms with Crippen LogP contribution < -0.4 is 5.32 Å². The number of aliphatic hydroxyl groups is 2. The van der Waals surface area contributed by atoms with E-state index in [0.29, 0.717) is 5.56 Å². The van der Waals surface area contributed by atoms with Crippen molar-refractivity contribution in [2.24, 2.45) is 16.7 Å². The van der Waals surface area contributed by atoms with Crippen LogP contribution in [0.15, 0.2) is 102 Å². The SMILES string of the molecule is CCC(=O)O[C@@H](C(=O)O[C@H]1C[C@@]2(O)[C@@H](OC(=O)c3ccccc3)[C@@H]3[C@]4(OC(C)=O)CO[C@@H]4C[C@H](O)[C@@]3(C)C(=O)[C@H](OC(C)=O)C(=C1C)C2(C)C)[C@@H](NC(=O)c1ccccc1)c1ccccc1. The Labute approximate surface area is 381 Å². The third-order valence-corrected chi connectivity index (χ3v) is 14.0. The molecule has 1 saturated heterocycles. The molecule has 3 aliphatic carbocycles. The number of hydrogen-bond acceptors (Lipinski definition) is 15. The minimum atomic E-state index is -2.43. The molecule has 1 heterocycles. The topological polar surface area (TPSA) is 227 Å². The summed E-state index contributed by atoms with van der Waals surface area (Å²) < 4.78 is 36.4. The number of esters is 5. The van der Waals surface area contributed by atoms with Crippen LogP contribution in [0.1, 0.15) is 100 Å². The number of carbonyl (C=O) groups excluding carboxylic acids is 7. The van der Waals surface area contributed by atoms with E-state index in [2.05, 4.69) is 5.32 Å². The van der Waals surface area contributed by atoms with Gasteiger partial charge in [-0.3, -0.25) is 24.0 Å². The number of Topliss-reactive ketones (excluding diaryl/α,β-unsaturated/α-hetero) is 1. The number of ether oxygens (including phenoxy) is 6. The summed E-state index contributed by atoms with van der Waals surface area (Å²) in [5.74, 6) is -7.68. The molecule has 3 N–H and O–H groups in total. The lowest BCUT2D eigenvalue weighted by molar-refractivity contribution is -0.346. The van der Waals surface area contributed by atoms with Gasteiger partial charge in [-0.15, -0.1) is 0 Å². The molecule has 2 saturated carbocycles. The Hall–Kier alpha value is -6.23. The normalized spacial score (nSPS) is 30.5. The van der Waals surface area contributed by atoms with Gasteiger partial charge in [0, 0.05) is 44.1 Å². The van der Waals surface area contributed by atoms with Crippen molar-refractivity contribution in [1.29, 1.82) is 0 Å². The Bertz CT molecular complexity index is 2420. The van der Waals surface area contributed by atoms with Crippen LogP contribution in [0.5, 0.6) is 0 Å². The Kier molecular flexibility index (Phi) is 13.2. The van der Waals surface area contributed by atoms with Crippen LogP contribution >= 0.6 is 0 Å². The molecule has 3 fully saturated rings. The second kappa shape index (κ2) is 18.2. The van der Waals surface area contributed by atoms with Crippen LogP contribution in [0.3, 0.4) is 0 Å². The highest BCUT2D eigenvalue weighted by Gasteiger charge is 2.78. The maximum Gasteiger partial charge on any atom is 0.350 e. The van der Waals surface area contributed by atoms with Gasteiger partial charge >= 0.3 is 29.8 Å². The fraction of sp³-hybridized carbons (Fsp3) is 0.460. The lowest BCUT2D eigenvalue weighted by atomic mass is 9.44. The first kappa shape index (κ1) is 47.7. The first-order chi connectivity index (χ1) is 31.2. The zero-order valence-electron chi connectivity index (χ0n) is 37.8. The predicted octanol–water partition coefficient (Wildman–Crippen LogP) is 4.70. The number of rotatable bonds is 12. The molecule has 0 radical (unpaired) electrons. The van der Waals surface area contributed by atoms with E-state index < -0.39 is 119 Å². The van der Waals surface area contributed by atoms with Crippen molar-refractivity contribution in [3.63, 3.8) is 0 Å². The molecule has 2 bridgehead atoms. The molecule has 11 atom stereocenters. The summed E-state index contributed by atoms with van der Waals surface area (Å²) in [4.78, 5) is 98.0. The lowest BCUT2D eigenvalue weighted by Crippen LogP contribution is -2.82. The van der Waals surface area contributed by atoms with Crippen LogP contribution in [0.25, 0.3) is 0 Å². The number of aliphatic hydroxyl groups excluding tert-OH is 1. The second-order valence-corrected chi connectivity index (χ2v) is 18.2. The predicted molar refractivity (Wildman–Crippen MR) is 232 cm³/mol. The Morgan fingerprint density at radius 3 is 1.97 bits per heavy atom. The molecule has 3 aromatic carbocycles. The summed E-state index contributed by atoms with van der Waals surface area (Å²) in [7, 11) is 0. The first-order valence-electron chi connectivity index (χ1n) is 21.9. The Balaban J connectivity index is 1.42. The molecule has 16 nitrogen and oxygen atoms in total. The molecule has 0 unspecified atom stereocenters. The summed E-state index contributed by atoms with van der Waals surface area (Å²) in [5.41, 5.74) is -7.19. The fourth-order valence-corrected chi connectivity index (χ4v) is 10.5. The van der Waals surface area contributed by atoms with Gasteiger partial charge in [0.25, 0.3) is 5.91 Å². The van der Waals surface area contributed by atoms with E-state index in [1.165, 1.54) is 32.9 Å². The molecule has 350 valence electrons. The quantitative estimate of drug-likeness (QED) is 0.127. The summed E-state index contributed by atoms with van der Waals surface area (Å²) in [6.07, 6.45) is -10.7. The van der Waals surface area contributed by atoms with Gasteiger partial charge in [0.15, 0.2) is 17.5 Å². The van der Waals surface area contributed by atoms with Crippen molar-refractivity contribution in [3.8, 4) is 0 Å². The summed E-state index contributed by atoms with van der Waals surface area (Å²) >= 11 is 0. The average Bonchev–Trinajstić information content (AvgIpc) is 3.28. The van der Waals surface area contributed by atoms with E-state index in [1.54, 1.807) is 92.7 Å². The molecule has 0 aromatic heterocycles. The highest BCUT2D eigenvalue weighted by Crippen LogP contribution is 2.64. The highest BCUT2D eigenvalue weighted by molar-refractivity contribution is 5.96. The molecular weight excluding hydrogens is 855 g/mol. The van der Waals surface area contributed by atoms with Crippen LogP contribution in [0, 0.1) is 16.7 Å². The molecule has 3 aromatic rings. The van der Waals surface area contributed by atoms with E-state index in [9.17, 15) is 39.0 Å². The zero-order valence-corrected chi connectivity index (χ0v) is 37.8. The third-order valence-electron chi connectivity index (χ3n) is 14.0. The van der Waals surface area contributed by atoms with Crippen molar-refractivity contribution in [2.75, 3.05) is 6.61 Å². The highest BCUT2D eigenvalue weighted by atomic mass is 16.6. The number of ketones is 1.